The van der Waals surface area contributed by atoms with Gasteiger partial charge in [-0.1, -0.05) is 0 Å². The molecule has 2 unspecified atom stereocenters. The first-order valence-corrected chi connectivity index (χ1v) is 9.60. The van der Waals surface area contributed by atoms with Crippen molar-refractivity contribution in [2.45, 2.75) is 49.1 Å². The van der Waals surface area contributed by atoms with E-state index in [2.05, 4.69) is 25.1 Å². The maximum atomic E-state index is 13.1. The fraction of sp³-hybridized carbons (Fsp3) is 0.450. The van der Waals surface area contributed by atoms with Gasteiger partial charge in [0.25, 0.3) is 0 Å². The largest absolute Gasteiger partial charge is 0.586 e. The van der Waals surface area contributed by atoms with Gasteiger partial charge in [0.15, 0.2) is 11.5 Å². The van der Waals surface area contributed by atoms with E-state index in [1.54, 1.807) is 24.5 Å². The first-order chi connectivity index (χ1) is 14.3. The Hall–Kier alpha value is -2.53. The van der Waals surface area contributed by atoms with Gasteiger partial charge in [-0.25, -0.2) is 0 Å². The summed E-state index contributed by atoms with van der Waals surface area (Å²) >= 11 is 0. The van der Waals surface area contributed by atoms with E-state index in [9.17, 15) is 19.0 Å². The van der Waals surface area contributed by atoms with Crippen LogP contribution in [0.15, 0.2) is 42.7 Å². The number of fused-ring (bicyclic) bond motifs is 1. The number of ether oxygens (including phenoxy) is 3. The lowest BCUT2D eigenvalue weighted by atomic mass is 9.44. The monoisotopic (exact) mass is 421 g/mol. The van der Waals surface area contributed by atoms with E-state index in [4.69, 9.17) is 4.74 Å². The standard InChI is InChI=1S/C20H21F2N3O5/c21-20(22)29-14-2-1-13(7-15(14)30-20)28-8-16(26)24-18-9-19(10-18,11-18)25-17(27)12-3-5-23-6-4-12/h1-7,16-17,24-27H,8-11H2. The van der Waals surface area contributed by atoms with Crippen LogP contribution in [0, 0.1) is 0 Å². The van der Waals surface area contributed by atoms with E-state index in [-0.39, 0.29) is 34.9 Å². The zero-order valence-corrected chi connectivity index (χ0v) is 15.8. The highest BCUT2D eigenvalue weighted by atomic mass is 19.3. The van der Waals surface area contributed by atoms with E-state index in [0.717, 1.165) is 24.8 Å². The summed E-state index contributed by atoms with van der Waals surface area (Å²) in [6.45, 7) is -0.0577. The van der Waals surface area contributed by atoms with Crippen LogP contribution in [0.5, 0.6) is 17.2 Å². The molecule has 0 saturated heterocycles. The van der Waals surface area contributed by atoms with Crippen molar-refractivity contribution in [2.24, 2.45) is 0 Å². The van der Waals surface area contributed by atoms with E-state index in [1.165, 1.54) is 18.2 Å². The van der Waals surface area contributed by atoms with Crippen LogP contribution in [-0.4, -0.2) is 45.4 Å². The Balaban J connectivity index is 1.08. The highest BCUT2D eigenvalue weighted by Gasteiger charge is 2.68. The average Bonchev–Trinajstić information content (AvgIpc) is 2.97. The maximum absolute atomic E-state index is 13.1. The summed E-state index contributed by atoms with van der Waals surface area (Å²) in [5, 5.41) is 27.0. The number of aliphatic hydroxyl groups is 2. The summed E-state index contributed by atoms with van der Waals surface area (Å²) in [5.41, 5.74) is 0.426. The molecular weight excluding hydrogens is 400 g/mol. The number of nitrogens with zero attached hydrogens (tertiary/aromatic N) is 1. The molecule has 6 rings (SSSR count). The fourth-order valence-corrected chi connectivity index (χ4v) is 4.60. The van der Waals surface area contributed by atoms with E-state index < -0.39 is 18.8 Å². The van der Waals surface area contributed by atoms with Crippen molar-refractivity contribution >= 4 is 0 Å². The van der Waals surface area contributed by atoms with Gasteiger partial charge < -0.3 is 24.4 Å². The summed E-state index contributed by atoms with van der Waals surface area (Å²) in [7, 11) is 0. The molecule has 0 amide bonds. The van der Waals surface area contributed by atoms with Crippen LogP contribution in [0.1, 0.15) is 31.1 Å². The third-order valence-corrected chi connectivity index (χ3v) is 5.75. The minimum atomic E-state index is -3.68. The van der Waals surface area contributed by atoms with Crippen LogP contribution in [0.2, 0.25) is 0 Å². The number of hydrogen-bond donors (Lipinski definition) is 4. The summed E-state index contributed by atoms with van der Waals surface area (Å²) in [4.78, 5) is 3.94. The number of alkyl halides is 2. The molecule has 2 bridgehead atoms. The van der Waals surface area contributed by atoms with Crippen molar-refractivity contribution in [2.75, 3.05) is 6.61 Å². The number of rotatable bonds is 8. The quantitative estimate of drug-likeness (QED) is 0.477. The zero-order chi connectivity index (χ0) is 21.0. The number of pyridine rings is 1. The fourth-order valence-electron chi connectivity index (χ4n) is 4.60. The summed E-state index contributed by atoms with van der Waals surface area (Å²) < 4.78 is 40.3. The molecule has 2 heterocycles. The maximum Gasteiger partial charge on any atom is 0.586 e. The van der Waals surface area contributed by atoms with Crippen LogP contribution >= 0.6 is 0 Å². The molecule has 3 saturated carbocycles. The molecule has 1 aromatic carbocycles. The lowest BCUT2D eigenvalue weighted by Gasteiger charge is -2.71. The minimum Gasteiger partial charge on any atom is -0.489 e. The number of benzene rings is 1. The van der Waals surface area contributed by atoms with Crippen molar-refractivity contribution in [3.8, 4) is 17.2 Å². The second-order valence-electron chi connectivity index (χ2n) is 8.17. The normalized spacial score (nSPS) is 29.5. The van der Waals surface area contributed by atoms with Gasteiger partial charge in [0.05, 0.1) is 0 Å². The zero-order valence-electron chi connectivity index (χ0n) is 15.8. The number of aliphatic hydroxyl groups excluding tert-OH is 2. The number of halogens is 2. The van der Waals surface area contributed by atoms with E-state index >= 15 is 0 Å². The lowest BCUT2D eigenvalue weighted by molar-refractivity contribution is -0.286. The van der Waals surface area contributed by atoms with Gasteiger partial charge in [0.1, 0.15) is 24.8 Å². The van der Waals surface area contributed by atoms with Gasteiger partial charge in [-0.05, 0) is 49.1 Å². The summed E-state index contributed by atoms with van der Waals surface area (Å²) in [6, 6.07) is 7.61. The lowest BCUT2D eigenvalue weighted by Crippen LogP contribution is -2.84. The van der Waals surface area contributed by atoms with Gasteiger partial charge in [-0.15, -0.1) is 8.78 Å². The molecule has 160 valence electrons. The molecule has 4 N–H and O–H groups in total. The van der Waals surface area contributed by atoms with Gasteiger partial charge in [-0.3, -0.25) is 15.6 Å². The minimum absolute atomic E-state index is 0.0577. The second kappa shape index (κ2) is 6.74. The molecule has 3 aliphatic carbocycles. The van der Waals surface area contributed by atoms with Gasteiger partial charge in [0.2, 0.25) is 0 Å². The Morgan fingerprint density at radius 1 is 1.00 bits per heavy atom. The van der Waals surface area contributed by atoms with Gasteiger partial charge in [-0.2, -0.15) is 0 Å². The second-order valence-corrected chi connectivity index (χ2v) is 8.17. The molecule has 0 spiro atoms. The third-order valence-electron chi connectivity index (χ3n) is 5.75. The molecule has 4 aliphatic rings. The van der Waals surface area contributed by atoms with Crippen molar-refractivity contribution in [3.63, 3.8) is 0 Å². The van der Waals surface area contributed by atoms with Crippen molar-refractivity contribution in [3.05, 3.63) is 48.3 Å². The Morgan fingerprint density at radius 3 is 2.40 bits per heavy atom. The Kier molecular flexibility index (Phi) is 4.37. The predicted octanol–water partition coefficient (Wildman–Crippen LogP) is 1.65. The molecule has 30 heavy (non-hydrogen) atoms. The molecule has 10 heteroatoms. The third kappa shape index (κ3) is 3.56. The number of nitrogens with one attached hydrogen (secondary N) is 2. The van der Waals surface area contributed by atoms with E-state index in [0.29, 0.717) is 0 Å². The molecule has 1 aliphatic heterocycles. The Bertz CT molecular complexity index is 926. The van der Waals surface area contributed by atoms with Crippen molar-refractivity contribution in [1.29, 1.82) is 0 Å². The number of hydrogen-bond acceptors (Lipinski definition) is 8. The summed E-state index contributed by atoms with van der Waals surface area (Å²) in [6.07, 6.45) is 0.217. The van der Waals surface area contributed by atoms with Gasteiger partial charge >= 0.3 is 6.29 Å². The first kappa shape index (κ1) is 19.4. The highest BCUT2D eigenvalue weighted by molar-refractivity contribution is 5.47. The summed E-state index contributed by atoms with van der Waals surface area (Å²) in [5.74, 6) is 0.110. The smallest absolute Gasteiger partial charge is 0.489 e. The van der Waals surface area contributed by atoms with Gasteiger partial charge in [0, 0.05) is 29.5 Å². The highest BCUT2D eigenvalue weighted by Crippen LogP contribution is 2.61. The van der Waals surface area contributed by atoms with Crippen LogP contribution in [-0.2, 0) is 0 Å². The van der Waals surface area contributed by atoms with Crippen LogP contribution < -0.4 is 24.8 Å². The number of aromatic nitrogens is 1. The average molecular weight is 421 g/mol. The Labute approximate surface area is 170 Å². The molecule has 8 nitrogen and oxygen atoms in total. The van der Waals surface area contributed by atoms with Crippen LogP contribution in [0.4, 0.5) is 8.78 Å². The van der Waals surface area contributed by atoms with Crippen molar-refractivity contribution < 1.29 is 33.2 Å². The molecular formula is C20H21F2N3O5. The molecule has 1 aromatic heterocycles. The molecule has 2 atom stereocenters. The molecule has 3 fully saturated rings. The van der Waals surface area contributed by atoms with Crippen molar-refractivity contribution in [1.82, 2.24) is 15.6 Å². The first-order valence-electron chi connectivity index (χ1n) is 9.60. The van der Waals surface area contributed by atoms with Crippen LogP contribution in [0.25, 0.3) is 0 Å². The molecule has 2 aromatic rings. The van der Waals surface area contributed by atoms with Crippen LogP contribution in [0.3, 0.4) is 0 Å². The Morgan fingerprint density at radius 2 is 1.67 bits per heavy atom. The SMILES string of the molecule is OC(COc1ccc2c(c1)OC(F)(F)O2)NC12CC(NC(O)c3ccncc3)(C1)C2. The predicted molar refractivity (Wildman–Crippen MR) is 98.9 cm³/mol. The molecule has 0 radical (unpaired) electrons. The van der Waals surface area contributed by atoms with E-state index in [1.807, 2.05) is 0 Å². The topological polar surface area (TPSA) is 105 Å².